The topological polar surface area (TPSA) is 20.2 Å². The van der Waals surface area contributed by atoms with E-state index < -0.39 is 6.10 Å². The maximum atomic E-state index is 10.2. The molecule has 0 radical (unpaired) electrons. The summed E-state index contributed by atoms with van der Waals surface area (Å²) in [7, 11) is 0. The Morgan fingerprint density at radius 2 is 1.60 bits per heavy atom. The smallest absolute Gasteiger partial charge is 0.0621 e. The van der Waals surface area contributed by atoms with Gasteiger partial charge in [0.1, 0.15) is 0 Å². The Labute approximate surface area is 130 Å². The number of aryl methyl sites for hydroxylation is 2. The molecule has 2 rings (SSSR count). The van der Waals surface area contributed by atoms with Crippen LogP contribution in [0.2, 0.25) is 10.0 Å². The highest BCUT2D eigenvalue weighted by atomic mass is 35.5. The number of hydrogen-bond donors (Lipinski definition) is 1. The predicted octanol–water partition coefficient (Wildman–Crippen LogP) is 4.76. The second kappa shape index (κ2) is 6.62. The average Bonchev–Trinajstić information content (AvgIpc) is 2.31. The monoisotopic (exact) mass is 308 g/mol. The highest BCUT2D eigenvalue weighted by Crippen LogP contribution is 2.23. The molecular formula is C17H18Cl2O. The van der Waals surface area contributed by atoms with Crippen LogP contribution in [0.15, 0.2) is 36.4 Å². The second-order valence-electron chi connectivity index (χ2n) is 5.29. The van der Waals surface area contributed by atoms with E-state index in [4.69, 9.17) is 23.2 Å². The molecule has 3 heteroatoms. The van der Waals surface area contributed by atoms with Crippen molar-refractivity contribution in [3.8, 4) is 0 Å². The molecule has 0 saturated heterocycles. The largest absolute Gasteiger partial charge is 0.392 e. The number of aliphatic hydroxyl groups is 1. The van der Waals surface area contributed by atoms with E-state index in [1.165, 1.54) is 11.1 Å². The summed E-state index contributed by atoms with van der Waals surface area (Å²) in [6, 6.07) is 11.7. The van der Waals surface area contributed by atoms with Crippen molar-refractivity contribution in [3.63, 3.8) is 0 Å². The van der Waals surface area contributed by atoms with Crippen molar-refractivity contribution in [3.05, 3.63) is 68.7 Å². The summed E-state index contributed by atoms with van der Waals surface area (Å²) < 4.78 is 0. The molecule has 0 bridgehead atoms. The summed E-state index contributed by atoms with van der Waals surface area (Å²) in [5.74, 6) is 0. The molecule has 1 N–H and O–H groups in total. The highest BCUT2D eigenvalue weighted by molar-refractivity contribution is 6.35. The number of rotatable bonds is 4. The third-order valence-electron chi connectivity index (χ3n) is 3.22. The van der Waals surface area contributed by atoms with Gasteiger partial charge in [0, 0.05) is 16.5 Å². The maximum Gasteiger partial charge on any atom is 0.0621 e. The molecule has 0 aliphatic carbocycles. The molecule has 0 fully saturated rings. The Hall–Kier alpha value is -1.02. The highest BCUT2D eigenvalue weighted by Gasteiger charge is 2.10. The zero-order chi connectivity index (χ0) is 14.7. The molecule has 0 aliphatic rings. The summed E-state index contributed by atoms with van der Waals surface area (Å²) in [5.41, 5.74) is 4.52. The van der Waals surface area contributed by atoms with Crippen molar-refractivity contribution in [2.24, 2.45) is 0 Å². The average molecular weight is 309 g/mol. The van der Waals surface area contributed by atoms with Gasteiger partial charge >= 0.3 is 0 Å². The quantitative estimate of drug-likeness (QED) is 0.863. The molecule has 1 atom stereocenters. The molecule has 106 valence electrons. The molecule has 2 aromatic carbocycles. The molecule has 0 spiro atoms. The molecule has 0 saturated carbocycles. The Morgan fingerprint density at radius 3 is 2.20 bits per heavy atom. The lowest BCUT2D eigenvalue weighted by Crippen LogP contribution is -2.14. The summed E-state index contributed by atoms with van der Waals surface area (Å²) in [5, 5.41) is 11.5. The van der Waals surface area contributed by atoms with Crippen LogP contribution in [-0.2, 0) is 12.8 Å². The van der Waals surface area contributed by atoms with Crippen LogP contribution in [0, 0.1) is 13.8 Å². The van der Waals surface area contributed by atoms with Gasteiger partial charge in [0.15, 0.2) is 0 Å². The molecule has 0 aromatic heterocycles. The first-order chi connectivity index (χ1) is 9.44. The van der Waals surface area contributed by atoms with Gasteiger partial charge in [-0.3, -0.25) is 0 Å². The van der Waals surface area contributed by atoms with Gasteiger partial charge in [-0.15, -0.1) is 0 Å². The van der Waals surface area contributed by atoms with Gasteiger partial charge in [0.25, 0.3) is 0 Å². The maximum absolute atomic E-state index is 10.2. The lowest BCUT2D eigenvalue weighted by atomic mass is 9.98. The van der Waals surface area contributed by atoms with Crippen LogP contribution in [-0.4, -0.2) is 11.2 Å². The minimum absolute atomic E-state index is 0.449. The first-order valence-corrected chi connectivity index (χ1v) is 7.39. The van der Waals surface area contributed by atoms with E-state index in [1.54, 1.807) is 12.1 Å². The van der Waals surface area contributed by atoms with Gasteiger partial charge in [0.05, 0.1) is 6.10 Å². The van der Waals surface area contributed by atoms with Gasteiger partial charge in [0.2, 0.25) is 0 Å². The standard InChI is InChI=1S/C17H18Cl2O/c1-11-5-12(2)7-13(6-11)8-16(20)9-14-3-4-15(18)10-17(14)19/h3-7,10,16,20H,8-9H2,1-2H3. The SMILES string of the molecule is Cc1cc(C)cc(CC(O)Cc2ccc(Cl)cc2Cl)c1. The molecule has 0 amide bonds. The summed E-state index contributed by atoms with van der Waals surface area (Å²) in [6.07, 6.45) is 0.708. The Bertz CT molecular complexity index is 588. The van der Waals surface area contributed by atoms with Crippen molar-refractivity contribution in [1.82, 2.24) is 0 Å². The molecule has 1 nitrogen and oxygen atoms in total. The molecule has 0 heterocycles. The Kier molecular flexibility index (Phi) is 5.09. The number of halogens is 2. The third kappa shape index (κ3) is 4.24. The van der Waals surface area contributed by atoms with Crippen LogP contribution >= 0.6 is 23.2 Å². The van der Waals surface area contributed by atoms with Crippen LogP contribution in [0.3, 0.4) is 0 Å². The first-order valence-electron chi connectivity index (χ1n) is 6.63. The van der Waals surface area contributed by atoms with Gasteiger partial charge in [-0.1, -0.05) is 58.6 Å². The normalized spacial score (nSPS) is 12.4. The van der Waals surface area contributed by atoms with E-state index in [1.807, 2.05) is 6.07 Å². The molecule has 20 heavy (non-hydrogen) atoms. The predicted molar refractivity (Wildman–Crippen MR) is 85.8 cm³/mol. The number of hydrogen-bond acceptors (Lipinski definition) is 1. The van der Waals surface area contributed by atoms with E-state index >= 15 is 0 Å². The fraction of sp³-hybridized carbons (Fsp3) is 0.294. The van der Waals surface area contributed by atoms with Crippen molar-refractivity contribution >= 4 is 23.2 Å². The number of aliphatic hydroxyl groups excluding tert-OH is 1. The van der Waals surface area contributed by atoms with Crippen molar-refractivity contribution in [2.75, 3.05) is 0 Å². The van der Waals surface area contributed by atoms with Crippen LogP contribution in [0.25, 0.3) is 0 Å². The number of benzene rings is 2. The van der Waals surface area contributed by atoms with Crippen LogP contribution in [0.1, 0.15) is 22.3 Å². The van der Waals surface area contributed by atoms with Gasteiger partial charge in [-0.05, 0) is 43.5 Å². The molecular weight excluding hydrogens is 291 g/mol. The molecule has 1 unspecified atom stereocenters. The van der Waals surface area contributed by atoms with Crippen LogP contribution in [0.5, 0.6) is 0 Å². The summed E-state index contributed by atoms with van der Waals surface area (Å²) in [6.45, 7) is 4.14. The zero-order valence-corrected chi connectivity index (χ0v) is 13.2. The van der Waals surface area contributed by atoms with E-state index in [2.05, 4.69) is 32.0 Å². The fourth-order valence-corrected chi connectivity index (χ4v) is 2.96. The van der Waals surface area contributed by atoms with E-state index in [9.17, 15) is 5.11 Å². The van der Waals surface area contributed by atoms with E-state index in [0.29, 0.717) is 22.9 Å². The lowest BCUT2D eigenvalue weighted by Gasteiger charge is -2.13. The van der Waals surface area contributed by atoms with Gasteiger partial charge < -0.3 is 5.11 Å². The van der Waals surface area contributed by atoms with Gasteiger partial charge in [-0.2, -0.15) is 0 Å². The minimum atomic E-state index is -0.449. The van der Waals surface area contributed by atoms with Gasteiger partial charge in [-0.25, -0.2) is 0 Å². The van der Waals surface area contributed by atoms with Crippen LogP contribution in [0.4, 0.5) is 0 Å². The Balaban J connectivity index is 2.06. The third-order valence-corrected chi connectivity index (χ3v) is 3.81. The second-order valence-corrected chi connectivity index (χ2v) is 6.14. The van der Waals surface area contributed by atoms with Crippen LogP contribution < -0.4 is 0 Å². The summed E-state index contributed by atoms with van der Waals surface area (Å²) in [4.78, 5) is 0. The zero-order valence-electron chi connectivity index (χ0n) is 11.7. The molecule has 0 aliphatic heterocycles. The molecule has 2 aromatic rings. The van der Waals surface area contributed by atoms with Crippen molar-refractivity contribution in [2.45, 2.75) is 32.8 Å². The van der Waals surface area contributed by atoms with E-state index in [-0.39, 0.29) is 0 Å². The fourth-order valence-electron chi connectivity index (χ4n) is 2.47. The minimum Gasteiger partial charge on any atom is -0.392 e. The lowest BCUT2D eigenvalue weighted by molar-refractivity contribution is 0.175. The Morgan fingerprint density at radius 1 is 0.950 bits per heavy atom. The van der Waals surface area contributed by atoms with Crippen molar-refractivity contribution in [1.29, 1.82) is 0 Å². The summed E-state index contributed by atoms with van der Waals surface area (Å²) >= 11 is 12.0. The first kappa shape index (κ1) is 15.4. The van der Waals surface area contributed by atoms with E-state index in [0.717, 1.165) is 11.1 Å². The van der Waals surface area contributed by atoms with Crippen molar-refractivity contribution < 1.29 is 5.11 Å².